The Kier molecular flexibility index (Phi) is 8.75. The average molecular weight is 232 g/mol. The molecule has 0 rings (SSSR count). The molecular weight excluding hydrogens is 212 g/mol. The maximum Gasteiger partial charge on any atom is 0.313 e. The number of ketones is 1. The lowest BCUT2D eigenvalue weighted by Crippen LogP contribution is -2.18. The van der Waals surface area contributed by atoms with E-state index in [9.17, 15) is 9.59 Å². The Balaban J connectivity index is 3.40. The van der Waals surface area contributed by atoms with Gasteiger partial charge in [0, 0.05) is 0 Å². The highest BCUT2D eigenvalue weighted by molar-refractivity contribution is 5.96. The van der Waals surface area contributed by atoms with E-state index < -0.39 is 5.97 Å². The van der Waals surface area contributed by atoms with Gasteiger partial charge in [-0.3, -0.25) is 9.59 Å². The first-order chi connectivity index (χ1) is 7.56. The second-order valence-electron chi connectivity index (χ2n) is 3.49. The van der Waals surface area contributed by atoms with Gasteiger partial charge in [0.05, 0.1) is 25.9 Å². The van der Waals surface area contributed by atoms with Gasteiger partial charge in [0.2, 0.25) is 0 Å². The number of ether oxygens (including phenoxy) is 3. The molecule has 0 aromatic rings. The van der Waals surface area contributed by atoms with Gasteiger partial charge in [-0.15, -0.1) is 0 Å². The number of esters is 1. The smallest absolute Gasteiger partial charge is 0.313 e. The Labute approximate surface area is 96.1 Å². The van der Waals surface area contributed by atoms with Gasteiger partial charge >= 0.3 is 5.97 Å². The van der Waals surface area contributed by atoms with Crippen molar-refractivity contribution in [2.75, 3.05) is 26.4 Å². The van der Waals surface area contributed by atoms with Crippen molar-refractivity contribution in [2.45, 2.75) is 33.3 Å². The zero-order chi connectivity index (χ0) is 12.4. The summed E-state index contributed by atoms with van der Waals surface area (Å²) in [6.07, 6.45) is -0.0716. The minimum atomic E-state index is -0.505. The molecule has 0 unspecified atom stereocenters. The zero-order valence-electron chi connectivity index (χ0n) is 10.2. The van der Waals surface area contributed by atoms with Gasteiger partial charge < -0.3 is 14.2 Å². The Morgan fingerprint density at radius 1 is 1.19 bits per heavy atom. The van der Waals surface area contributed by atoms with Crippen molar-refractivity contribution in [1.82, 2.24) is 0 Å². The maximum atomic E-state index is 11.2. The first-order valence-corrected chi connectivity index (χ1v) is 5.43. The van der Waals surface area contributed by atoms with Gasteiger partial charge in [0.1, 0.15) is 13.0 Å². The van der Waals surface area contributed by atoms with Crippen molar-refractivity contribution in [1.29, 1.82) is 0 Å². The van der Waals surface area contributed by atoms with E-state index in [4.69, 9.17) is 9.47 Å². The summed E-state index contributed by atoms with van der Waals surface area (Å²) in [5.74, 6) is -0.780. The number of hydrogen-bond acceptors (Lipinski definition) is 5. The lowest BCUT2D eigenvalue weighted by atomic mass is 10.3. The van der Waals surface area contributed by atoms with Crippen LogP contribution in [0.25, 0.3) is 0 Å². The SMILES string of the molecule is CCOC(=O)CC(=O)COCCOC(C)C. The fraction of sp³-hybridized carbons (Fsp3) is 0.818. The molecule has 16 heavy (non-hydrogen) atoms. The highest BCUT2D eigenvalue weighted by Gasteiger charge is 2.09. The third kappa shape index (κ3) is 9.61. The topological polar surface area (TPSA) is 61.8 Å². The van der Waals surface area contributed by atoms with E-state index in [1.807, 2.05) is 13.8 Å². The van der Waals surface area contributed by atoms with Crippen LogP contribution in [0.2, 0.25) is 0 Å². The Morgan fingerprint density at radius 2 is 1.88 bits per heavy atom. The Bertz CT molecular complexity index is 212. The molecular formula is C11H20O5. The zero-order valence-corrected chi connectivity index (χ0v) is 10.2. The maximum absolute atomic E-state index is 11.2. The molecule has 0 aliphatic heterocycles. The number of Topliss-reactive ketones (excluding diaryl/α,β-unsaturated/α-hetero) is 1. The van der Waals surface area contributed by atoms with Crippen LogP contribution in [0.15, 0.2) is 0 Å². The van der Waals surface area contributed by atoms with E-state index in [2.05, 4.69) is 4.74 Å². The molecule has 5 heteroatoms. The molecule has 0 N–H and O–H groups in total. The first kappa shape index (κ1) is 15.1. The normalized spacial score (nSPS) is 10.5. The summed E-state index contributed by atoms with van der Waals surface area (Å²) >= 11 is 0. The number of rotatable bonds is 9. The molecule has 0 aliphatic carbocycles. The van der Waals surface area contributed by atoms with Crippen LogP contribution in [-0.2, 0) is 23.8 Å². The third-order valence-electron chi connectivity index (χ3n) is 1.59. The summed E-state index contributed by atoms with van der Waals surface area (Å²) in [4.78, 5) is 22.1. The van der Waals surface area contributed by atoms with Gasteiger partial charge in [0.15, 0.2) is 5.78 Å². The van der Waals surface area contributed by atoms with Crippen LogP contribution in [0.4, 0.5) is 0 Å². The number of carbonyl (C=O) groups is 2. The van der Waals surface area contributed by atoms with E-state index in [1.54, 1.807) is 6.92 Å². The summed E-state index contributed by atoms with van der Waals surface area (Å²) in [6.45, 7) is 6.56. The van der Waals surface area contributed by atoms with Crippen molar-refractivity contribution < 1.29 is 23.8 Å². The molecule has 0 spiro atoms. The van der Waals surface area contributed by atoms with E-state index in [0.29, 0.717) is 13.2 Å². The van der Waals surface area contributed by atoms with E-state index in [1.165, 1.54) is 0 Å². The summed E-state index contributed by atoms with van der Waals surface area (Å²) in [7, 11) is 0. The Morgan fingerprint density at radius 3 is 2.44 bits per heavy atom. The predicted molar refractivity (Wildman–Crippen MR) is 58.2 cm³/mol. The monoisotopic (exact) mass is 232 g/mol. The van der Waals surface area contributed by atoms with Gasteiger partial charge in [-0.2, -0.15) is 0 Å². The van der Waals surface area contributed by atoms with Crippen LogP contribution in [0.3, 0.4) is 0 Å². The van der Waals surface area contributed by atoms with Crippen LogP contribution in [0, 0.1) is 0 Å². The molecule has 0 bridgehead atoms. The van der Waals surface area contributed by atoms with Crippen LogP contribution in [0.1, 0.15) is 27.2 Å². The van der Waals surface area contributed by atoms with Gasteiger partial charge in [0.25, 0.3) is 0 Å². The predicted octanol–water partition coefficient (Wildman–Crippen LogP) is 0.950. The molecule has 0 atom stereocenters. The summed E-state index contributed by atoms with van der Waals surface area (Å²) in [5, 5.41) is 0. The second kappa shape index (κ2) is 9.30. The lowest BCUT2D eigenvalue weighted by Gasteiger charge is -2.07. The highest BCUT2D eigenvalue weighted by Crippen LogP contribution is 1.91. The van der Waals surface area contributed by atoms with Gasteiger partial charge in [-0.25, -0.2) is 0 Å². The molecule has 0 aromatic heterocycles. The lowest BCUT2D eigenvalue weighted by molar-refractivity contribution is -0.146. The quantitative estimate of drug-likeness (QED) is 0.336. The van der Waals surface area contributed by atoms with Crippen LogP contribution in [-0.4, -0.2) is 44.3 Å². The molecule has 5 nitrogen and oxygen atoms in total. The third-order valence-corrected chi connectivity index (χ3v) is 1.59. The minimum absolute atomic E-state index is 0.0692. The van der Waals surface area contributed by atoms with Gasteiger partial charge in [-0.05, 0) is 20.8 Å². The molecule has 0 aromatic carbocycles. The van der Waals surface area contributed by atoms with Crippen molar-refractivity contribution in [3.05, 3.63) is 0 Å². The fourth-order valence-electron chi connectivity index (χ4n) is 0.953. The number of carbonyl (C=O) groups excluding carboxylic acids is 2. The van der Waals surface area contributed by atoms with Crippen LogP contribution in [0.5, 0.6) is 0 Å². The van der Waals surface area contributed by atoms with E-state index >= 15 is 0 Å². The van der Waals surface area contributed by atoms with E-state index in [0.717, 1.165) is 0 Å². The van der Waals surface area contributed by atoms with Crippen LogP contribution >= 0.6 is 0 Å². The van der Waals surface area contributed by atoms with Crippen molar-refractivity contribution in [2.24, 2.45) is 0 Å². The molecule has 0 saturated carbocycles. The largest absolute Gasteiger partial charge is 0.466 e. The second-order valence-corrected chi connectivity index (χ2v) is 3.49. The molecule has 0 heterocycles. The highest BCUT2D eigenvalue weighted by atomic mass is 16.5. The minimum Gasteiger partial charge on any atom is -0.466 e. The molecule has 0 amide bonds. The summed E-state index contributed by atoms with van der Waals surface area (Å²) in [6, 6.07) is 0. The first-order valence-electron chi connectivity index (χ1n) is 5.43. The molecule has 0 aliphatic rings. The fourth-order valence-corrected chi connectivity index (χ4v) is 0.953. The average Bonchev–Trinajstić information content (AvgIpc) is 2.16. The van der Waals surface area contributed by atoms with E-state index in [-0.39, 0.29) is 31.5 Å². The van der Waals surface area contributed by atoms with Gasteiger partial charge in [-0.1, -0.05) is 0 Å². The summed E-state index contributed by atoms with van der Waals surface area (Å²) < 4.78 is 14.9. The van der Waals surface area contributed by atoms with Crippen LogP contribution < -0.4 is 0 Å². The summed E-state index contributed by atoms with van der Waals surface area (Å²) in [5.41, 5.74) is 0. The number of hydrogen-bond donors (Lipinski definition) is 0. The van der Waals surface area contributed by atoms with Crippen molar-refractivity contribution in [3.63, 3.8) is 0 Å². The molecule has 0 saturated heterocycles. The molecule has 0 radical (unpaired) electrons. The molecule has 0 fully saturated rings. The van der Waals surface area contributed by atoms with Crippen molar-refractivity contribution in [3.8, 4) is 0 Å². The molecule has 94 valence electrons. The van der Waals surface area contributed by atoms with Crippen molar-refractivity contribution >= 4 is 11.8 Å². The standard InChI is InChI=1S/C11H20O5/c1-4-15-11(13)7-10(12)8-14-5-6-16-9(2)3/h9H,4-8H2,1-3H3. The Hall–Kier alpha value is -0.940.